The highest BCUT2D eigenvalue weighted by Gasteiger charge is 2.18. The average molecular weight is 308 g/mol. The minimum absolute atomic E-state index is 0.211. The van der Waals surface area contributed by atoms with E-state index in [1.165, 1.54) is 17.4 Å². The molecular formula is C16H21FN2OS. The highest BCUT2D eigenvalue weighted by atomic mass is 32.1. The number of benzene rings is 1. The number of halogens is 1. The Balaban J connectivity index is 2.00. The second-order valence-corrected chi connectivity index (χ2v) is 6.66. The van der Waals surface area contributed by atoms with Crippen molar-refractivity contribution in [3.63, 3.8) is 0 Å². The van der Waals surface area contributed by atoms with Gasteiger partial charge >= 0.3 is 0 Å². The van der Waals surface area contributed by atoms with Crippen LogP contribution in [0.3, 0.4) is 0 Å². The van der Waals surface area contributed by atoms with Gasteiger partial charge in [-0.05, 0) is 24.5 Å². The van der Waals surface area contributed by atoms with Gasteiger partial charge in [0.15, 0.2) is 0 Å². The molecule has 0 fully saturated rings. The van der Waals surface area contributed by atoms with Crippen LogP contribution in [-0.2, 0) is 0 Å². The predicted molar refractivity (Wildman–Crippen MR) is 87.2 cm³/mol. The summed E-state index contributed by atoms with van der Waals surface area (Å²) in [5.41, 5.74) is 6.16. The molecule has 0 aliphatic heterocycles. The Hall–Kier alpha value is -1.62. The number of carbonyl (C=O) groups is 1. The van der Waals surface area contributed by atoms with E-state index >= 15 is 0 Å². The van der Waals surface area contributed by atoms with Crippen LogP contribution in [0.5, 0.6) is 0 Å². The summed E-state index contributed by atoms with van der Waals surface area (Å²) in [6.45, 7) is 5.00. The highest BCUT2D eigenvalue weighted by Crippen LogP contribution is 2.35. The van der Waals surface area contributed by atoms with Crippen LogP contribution >= 0.6 is 11.3 Å². The third-order valence-corrected chi connectivity index (χ3v) is 4.57. The fourth-order valence-corrected chi connectivity index (χ4v) is 3.31. The Kier molecular flexibility index (Phi) is 5.17. The van der Waals surface area contributed by atoms with Crippen molar-refractivity contribution in [1.29, 1.82) is 0 Å². The molecule has 1 amide bonds. The summed E-state index contributed by atoms with van der Waals surface area (Å²) in [6, 6.07) is 4.76. The summed E-state index contributed by atoms with van der Waals surface area (Å²) in [6.07, 6.45) is 3.20. The summed E-state index contributed by atoms with van der Waals surface area (Å²) in [7, 11) is 0. The van der Waals surface area contributed by atoms with Crippen molar-refractivity contribution in [3.8, 4) is 0 Å². The van der Waals surface area contributed by atoms with E-state index in [0.29, 0.717) is 27.4 Å². The van der Waals surface area contributed by atoms with E-state index < -0.39 is 0 Å². The molecule has 114 valence electrons. The monoisotopic (exact) mass is 308 g/mol. The molecule has 0 saturated heterocycles. The summed E-state index contributed by atoms with van der Waals surface area (Å²) in [4.78, 5) is 12.5. The second kappa shape index (κ2) is 6.89. The van der Waals surface area contributed by atoms with Gasteiger partial charge in [-0.15, -0.1) is 11.3 Å². The highest BCUT2D eigenvalue weighted by molar-refractivity contribution is 7.21. The standard InChI is InChI=1S/C16H21FN2OS/c1-10(2)6-3-4-9-19-16(20)15-14(18)13-11(17)7-5-8-12(13)21-15/h5,7-8,10H,3-4,6,9,18H2,1-2H3,(H,19,20). The van der Waals surface area contributed by atoms with E-state index in [1.807, 2.05) is 0 Å². The maximum Gasteiger partial charge on any atom is 0.263 e. The van der Waals surface area contributed by atoms with Crippen LogP contribution in [0, 0.1) is 11.7 Å². The molecule has 0 aliphatic rings. The van der Waals surface area contributed by atoms with E-state index in [-0.39, 0.29) is 17.4 Å². The first-order valence-corrected chi connectivity index (χ1v) is 8.07. The van der Waals surface area contributed by atoms with Crippen molar-refractivity contribution in [2.24, 2.45) is 5.92 Å². The number of nitrogens with two attached hydrogens (primary N) is 1. The Morgan fingerprint density at radius 3 is 2.81 bits per heavy atom. The topological polar surface area (TPSA) is 55.1 Å². The number of nitrogens with one attached hydrogen (secondary N) is 1. The first kappa shape index (κ1) is 15.8. The molecule has 5 heteroatoms. The van der Waals surface area contributed by atoms with Gasteiger partial charge in [-0.25, -0.2) is 4.39 Å². The van der Waals surface area contributed by atoms with Crippen molar-refractivity contribution in [2.75, 3.05) is 12.3 Å². The zero-order valence-electron chi connectivity index (χ0n) is 12.4. The third kappa shape index (κ3) is 3.73. The maximum atomic E-state index is 13.7. The van der Waals surface area contributed by atoms with E-state index in [2.05, 4.69) is 19.2 Å². The number of amides is 1. The Bertz CT molecular complexity index is 636. The number of thiophene rings is 1. The van der Waals surface area contributed by atoms with Gasteiger partial charge in [-0.3, -0.25) is 4.79 Å². The molecule has 0 saturated carbocycles. The normalized spacial score (nSPS) is 11.2. The fraction of sp³-hybridized carbons (Fsp3) is 0.438. The van der Waals surface area contributed by atoms with Crippen LogP contribution in [0.2, 0.25) is 0 Å². The van der Waals surface area contributed by atoms with Crippen molar-refractivity contribution in [1.82, 2.24) is 5.32 Å². The quantitative estimate of drug-likeness (QED) is 0.787. The summed E-state index contributed by atoms with van der Waals surface area (Å²) in [5.74, 6) is 0.0943. The van der Waals surface area contributed by atoms with Gasteiger partial charge in [0.25, 0.3) is 5.91 Å². The van der Waals surface area contributed by atoms with Crippen LogP contribution in [-0.4, -0.2) is 12.5 Å². The zero-order chi connectivity index (χ0) is 15.4. The van der Waals surface area contributed by atoms with Crippen molar-refractivity contribution < 1.29 is 9.18 Å². The number of hydrogen-bond donors (Lipinski definition) is 2. The van der Waals surface area contributed by atoms with Gasteiger partial charge in [0, 0.05) is 11.2 Å². The van der Waals surface area contributed by atoms with Crippen LogP contribution < -0.4 is 11.1 Å². The lowest BCUT2D eigenvalue weighted by atomic mass is 10.1. The molecule has 1 aromatic heterocycles. The van der Waals surface area contributed by atoms with Crippen LogP contribution in [0.1, 0.15) is 42.8 Å². The van der Waals surface area contributed by atoms with E-state index in [9.17, 15) is 9.18 Å². The molecule has 0 unspecified atom stereocenters. The molecule has 2 aromatic rings. The SMILES string of the molecule is CC(C)CCCCNC(=O)c1sc2cccc(F)c2c1N. The van der Waals surface area contributed by atoms with Gasteiger partial charge in [0.05, 0.1) is 11.1 Å². The van der Waals surface area contributed by atoms with Gasteiger partial charge in [-0.1, -0.05) is 32.8 Å². The predicted octanol–water partition coefficient (Wildman–Crippen LogP) is 4.18. The number of hydrogen-bond acceptors (Lipinski definition) is 3. The number of unbranched alkanes of at least 4 members (excludes halogenated alkanes) is 1. The van der Waals surface area contributed by atoms with Crippen LogP contribution in [0.4, 0.5) is 10.1 Å². The molecule has 3 N–H and O–H groups in total. The number of anilines is 1. The molecule has 0 bridgehead atoms. The number of carbonyl (C=O) groups excluding carboxylic acids is 1. The molecule has 0 spiro atoms. The average Bonchev–Trinajstić information content (AvgIpc) is 2.76. The van der Waals surface area contributed by atoms with Crippen molar-refractivity contribution >= 4 is 33.0 Å². The lowest BCUT2D eigenvalue weighted by Gasteiger charge is -2.06. The first-order valence-electron chi connectivity index (χ1n) is 7.25. The fourth-order valence-electron chi connectivity index (χ4n) is 2.26. The van der Waals surface area contributed by atoms with E-state index in [1.54, 1.807) is 12.1 Å². The number of fused-ring (bicyclic) bond motifs is 1. The Labute approximate surface area is 128 Å². The molecule has 0 aliphatic carbocycles. The van der Waals surface area contributed by atoms with Crippen LogP contribution in [0.15, 0.2) is 18.2 Å². The summed E-state index contributed by atoms with van der Waals surface area (Å²) < 4.78 is 14.5. The molecule has 0 radical (unpaired) electrons. The Morgan fingerprint density at radius 2 is 2.14 bits per heavy atom. The minimum atomic E-state index is -0.378. The van der Waals surface area contributed by atoms with Gasteiger partial charge in [-0.2, -0.15) is 0 Å². The van der Waals surface area contributed by atoms with Gasteiger partial charge in [0.2, 0.25) is 0 Å². The first-order chi connectivity index (χ1) is 10.0. The van der Waals surface area contributed by atoms with Crippen molar-refractivity contribution in [2.45, 2.75) is 33.1 Å². The Morgan fingerprint density at radius 1 is 1.38 bits per heavy atom. The van der Waals surface area contributed by atoms with E-state index in [0.717, 1.165) is 19.3 Å². The van der Waals surface area contributed by atoms with Crippen LogP contribution in [0.25, 0.3) is 10.1 Å². The molecule has 1 aromatic carbocycles. The number of rotatable bonds is 6. The van der Waals surface area contributed by atoms with E-state index in [4.69, 9.17) is 5.73 Å². The molecule has 0 atom stereocenters. The molecule has 3 nitrogen and oxygen atoms in total. The third-order valence-electron chi connectivity index (χ3n) is 3.40. The molecule has 1 heterocycles. The zero-order valence-corrected chi connectivity index (χ0v) is 13.2. The molecule has 2 rings (SSSR count). The largest absolute Gasteiger partial charge is 0.397 e. The van der Waals surface area contributed by atoms with Gasteiger partial charge < -0.3 is 11.1 Å². The lowest BCUT2D eigenvalue weighted by Crippen LogP contribution is -2.24. The summed E-state index contributed by atoms with van der Waals surface area (Å²) in [5, 5.41) is 3.22. The minimum Gasteiger partial charge on any atom is -0.397 e. The lowest BCUT2D eigenvalue weighted by molar-refractivity contribution is 0.0958. The number of nitrogen functional groups attached to an aromatic ring is 1. The second-order valence-electron chi connectivity index (χ2n) is 5.60. The summed E-state index contributed by atoms with van der Waals surface area (Å²) >= 11 is 1.24. The molecule has 21 heavy (non-hydrogen) atoms. The van der Waals surface area contributed by atoms with Crippen molar-refractivity contribution in [3.05, 3.63) is 28.9 Å². The maximum absolute atomic E-state index is 13.7. The smallest absolute Gasteiger partial charge is 0.263 e. The molecular weight excluding hydrogens is 287 g/mol. The van der Waals surface area contributed by atoms with Gasteiger partial charge in [0.1, 0.15) is 10.7 Å².